The third-order valence-corrected chi connectivity index (χ3v) is 2.59. The second-order valence-corrected chi connectivity index (χ2v) is 4.26. The fourth-order valence-electron chi connectivity index (χ4n) is 1.51. The quantitative estimate of drug-likeness (QED) is 0.598. The zero-order valence-corrected chi connectivity index (χ0v) is 11.1. The average molecular weight is 281 g/mol. The molecule has 0 unspecified atom stereocenters. The molecule has 0 aliphatic rings. The maximum Gasteiger partial charge on any atom is 0.342 e. The number of nitro benzene ring substituents is 1. The number of amides is 1. The molecule has 8 heteroatoms. The van der Waals surface area contributed by atoms with Gasteiger partial charge in [0.05, 0.1) is 4.92 Å². The molecule has 0 aliphatic carbocycles. The molecule has 0 bridgehead atoms. The van der Waals surface area contributed by atoms with Crippen molar-refractivity contribution in [3.05, 3.63) is 33.9 Å². The van der Waals surface area contributed by atoms with Gasteiger partial charge in [-0.3, -0.25) is 14.9 Å². The maximum absolute atomic E-state index is 11.4. The molecule has 8 nitrogen and oxygen atoms in total. The number of carboxylic acid groups (broad SMARTS) is 1. The Morgan fingerprint density at radius 3 is 2.55 bits per heavy atom. The highest BCUT2D eigenvalue weighted by atomic mass is 16.6. The second-order valence-electron chi connectivity index (χ2n) is 4.26. The lowest BCUT2D eigenvalue weighted by molar-refractivity contribution is -0.385. The van der Waals surface area contributed by atoms with Crippen molar-refractivity contribution < 1.29 is 19.6 Å². The number of hydrogen-bond donors (Lipinski definition) is 2. The number of rotatable bonds is 6. The Balaban J connectivity index is 2.78. The summed E-state index contributed by atoms with van der Waals surface area (Å²) in [6.07, 6.45) is 0.238. The lowest BCUT2D eigenvalue weighted by Crippen LogP contribution is -2.23. The molecular weight excluding hydrogens is 266 g/mol. The highest BCUT2D eigenvalue weighted by Gasteiger charge is 2.19. The molecule has 0 saturated carbocycles. The van der Waals surface area contributed by atoms with Gasteiger partial charge < -0.3 is 15.3 Å². The molecule has 0 aliphatic heterocycles. The van der Waals surface area contributed by atoms with Crippen molar-refractivity contribution in [1.82, 2.24) is 4.90 Å². The number of carbonyl (C=O) groups excluding carboxylic acids is 1. The minimum absolute atomic E-state index is 0.0749. The smallest absolute Gasteiger partial charge is 0.342 e. The van der Waals surface area contributed by atoms with E-state index in [0.717, 1.165) is 12.1 Å². The number of nitrogens with one attached hydrogen (secondary N) is 1. The summed E-state index contributed by atoms with van der Waals surface area (Å²) in [5.41, 5.74) is -0.459. The first-order valence-corrected chi connectivity index (χ1v) is 5.78. The third kappa shape index (κ3) is 3.94. The molecule has 1 aromatic rings. The van der Waals surface area contributed by atoms with Crippen molar-refractivity contribution in [1.29, 1.82) is 0 Å². The topological polar surface area (TPSA) is 113 Å². The van der Waals surface area contributed by atoms with Crippen LogP contribution in [0.25, 0.3) is 0 Å². The lowest BCUT2D eigenvalue weighted by atomic mass is 10.1. The van der Waals surface area contributed by atoms with Crippen LogP contribution in [0, 0.1) is 10.1 Å². The summed E-state index contributed by atoms with van der Waals surface area (Å²) in [6.45, 7) is 0.306. The molecule has 0 radical (unpaired) electrons. The predicted molar refractivity (Wildman–Crippen MR) is 71.9 cm³/mol. The molecule has 1 amide bonds. The Kier molecular flexibility index (Phi) is 5.01. The van der Waals surface area contributed by atoms with Crippen LogP contribution in [0.15, 0.2) is 18.2 Å². The molecule has 0 heterocycles. The molecule has 0 spiro atoms. The van der Waals surface area contributed by atoms with Crippen molar-refractivity contribution in [2.45, 2.75) is 6.42 Å². The van der Waals surface area contributed by atoms with Gasteiger partial charge in [0.1, 0.15) is 5.56 Å². The van der Waals surface area contributed by atoms with E-state index in [2.05, 4.69) is 5.32 Å². The number of carboxylic acids is 1. The second kappa shape index (κ2) is 6.50. The van der Waals surface area contributed by atoms with Gasteiger partial charge in [-0.05, 0) is 12.1 Å². The van der Waals surface area contributed by atoms with Crippen LogP contribution < -0.4 is 5.32 Å². The fraction of sp³-hybridized carbons (Fsp3) is 0.333. The Bertz CT molecular complexity index is 542. The molecule has 0 aromatic heterocycles. The molecule has 1 aromatic carbocycles. The van der Waals surface area contributed by atoms with Crippen LogP contribution in [0.2, 0.25) is 0 Å². The first-order chi connectivity index (χ1) is 9.32. The van der Waals surface area contributed by atoms with Crippen LogP contribution in [0.5, 0.6) is 0 Å². The zero-order chi connectivity index (χ0) is 15.3. The van der Waals surface area contributed by atoms with Gasteiger partial charge in [0.25, 0.3) is 5.69 Å². The molecule has 0 fully saturated rings. The largest absolute Gasteiger partial charge is 0.477 e. The van der Waals surface area contributed by atoms with Gasteiger partial charge >= 0.3 is 5.97 Å². The van der Waals surface area contributed by atoms with Crippen LogP contribution in [-0.4, -0.2) is 47.4 Å². The molecular formula is C12H15N3O5. The van der Waals surface area contributed by atoms with Gasteiger partial charge in [0.2, 0.25) is 5.91 Å². The van der Waals surface area contributed by atoms with E-state index in [0.29, 0.717) is 12.2 Å². The first kappa shape index (κ1) is 15.4. The van der Waals surface area contributed by atoms with E-state index in [9.17, 15) is 19.7 Å². The highest BCUT2D eigenvalue weighted by Crippen LogP contribution is 2.23. The van der Waals surface area contributed by atoms with Gasteiger partial charge in [-0.1, -0.05) is 0 Å². The Labute approximate surface area is 115 Å². The number of nitro groups is 1. The number of aromatic carboxylic acids is 1. The van der Waals surface area contributed by atoms with Crippen molar-refractivity contribution in [3.63, 3.8) is 0 Å². The third-order valence-electron chi connectivity index (χ3n) is 2.59. The van der Waals surface area contributed by atoms with Crippen LogP contribution in [0.4, 0.5) is 11.4 Å². The van der Waals surface area contributed by atoms with Gasteiger partial charge in [0, 0.05) is 38.8 Å². The van der Waals surface area contributed by atoms with E-state index in [-0.39, 0.29) is 17.9 Å². The minimum atomic E-state index is -1.36. The summed E-state index contributed by atoms with van der Waals surface area (Å²) < 4.78 is 0. The van der Waals surface area contributed by atoms with E-state index < -0.39 is 16.6 Å². The minimum Gasteiger partial charge on any atom is -0.477 e. The Hall–Kier alpha value is -2.64. The van der Waals surface area contributed by atoms with Crippen molar-refractivity contribution in [3.8, 4) is 0 Å². The SMILES string of the molecule is CN(C)C(=O)CCNc1ccc(C(=O)O)c([N+](=O)[O-])c1. The predicted octanol–water partition coefficient (Wildman–Crippen LogP) is 1.18. The molecule has 0 atom stereocenters. The molecule has 108 valence electrons. The number of benzene rings is 1. The van der Waals surface area contributed by atoms with Crippen LogP contribution in [-0.2, 0) is 4.79 Å². The number of hydrogen-bond acceptors (Lipinski definition) is 5. The van der Waals surface area contributed by atoms with Gasteiger partial charge in [-0.2, -0.15) is 0 Å². The number of anilines is 1. The van der Waals surface area contributed by atoms with Gasteiger partial charge in [-0.25, -0.2) is 4.79 Å². The first-order valence-electron chi connectivity index (χ1n) is 5.78. The van der Waals surface area contributed by atoms with E-state index in [1.54, 1.807) is 14.1 Å². The molecule has 20 heavy (non-hydrogen) atoms. The van der Waals surface area contributed by atoms with Gasteiger partial charge in [0.15, 0.2) is 0 Å². The van der Waals surface area contributed by atoms with E-state index in [1.807, 2.05) is 0 Å². The maximum atomic E-state index is 11.4. The lowest BCUT2D eigenvalue weighted by Gasteiger charge is -2.11. The summed E-state index contributed by atoms with van der Waals surface area (Å²) in [7, 11) is 3.27. The summed E-state index contributed by atoms with van der Waals surface area (Å²) in [6, 6.07) is 3.73. The van der Waals surface area contributed by atoms with Crippen LogP contribution in [0.3, 0.4) is 0 Å². The Morgan fingerprint density at radius 2 is 2.05 bits per heavy atom. The van der Waals surface area contributed by atoms with Crippen LogP contribution in [0.1, 0.15) is 16.8 Å². The number of carbonyl (C=O) groups is 2. The highest BCUT2D eigenvalue weighted by molar-refractivity contribution is 5.93. The normalized spacial score (nSPS) is 9.90. The Morgan fingerprint density at radius 1 is 1.40 bits per heavy atom. The van der Waals surface area contributed by atoms with Crippen molar-refractivity contribution in [2.24, 2.45) is 0 Å². The van der Waals surface area contributed by atoms with Crippen molar-refractivity contribution in [2.75, 3.05) is 26.0 Å². The van der Waals surface area contributed by atoms with E-state index >= 15 is 0 Å². The monoisotopic (exact) mass is 281 g/mol. The molecule has 0 saturated heterocycles. The fourth-order valence-corrected chi connectivity index (χ4v) is 1.51. The number of nitrogens with zero attached hydrogens (tertiary/aromatic N) is 2. The zero-order valence-electron chi connectivity index (χ0n) is 11.1. The van der Waals surface area contributed by atoms with Crippen molar-refractivity contribution >= 4 is 23.3 Å². The molecule has 2 N–H and O–H groups in total. The van der Waals surface area contributed by atoms with E-state index in [1.165, 1.54) is 11.0 Å². The summed E-state index contributed by atoms with van der Waals surface area (Å²) in [4.78, 5) is 33.7. The molecule has 1 rings (SSSR count). The summed E-state index contributed by atoms with van der Waals surface area (Å²) in [5, 5.41) is 22.5. The standard InChI is InChI=1S/C12H15N3O5/c1-14(2)11(16)5-6-13-8-3-4-9(12(17)18)10(7-8)15(19)20/h3-4,7,13H,5-6H2,1-2H3,(H,17,18). The van der Waals surface area contributed by atoms with E-state index in [4.69, 9.17) is 5.11 Å². The van der Waals surface area contributed by atoms with Gasteiger partial charge in [-0.15, -0.1) is 0 Å². The van der Waals surface area contributed by atoms with Crippen LogP contribution >= 0.6 is 0 Å². The average Bonchev–Trinajstić information content (AvgIpc) is 2.37. The summed E-state index contributed by atoms with van der Waals surface area (Å²) in [5.74, 6) is -1.43. The summed E-state index contributed by atoms with van der Waals surface area (Å²) >= 11 is 0.